The molecular formula is C30H27N3O. The Kier molecular flexibility index (Phi) is 6.75. The van der Waals surface area contributed by atoms with Crippen molar-refractivity contribution < 1.29 is 4.79 Å². The molecule has 3 aromatic carbocycles. The minimum atomic E-state index is -0.379. The molecule has 0 spiro atoms. The molecule has 1 heterocycles. The first-order valence-corrected chi connectivity index (χ1v) is 11.3. The molecule has 1 amide bonds. The minimum absolute atomic E-state index is 0.0856. The lowest BCUT2D eigenvalue weighted by atomic mass is 10.1. The van der Waals surface area contributed by atoms with Gasteiger partial charge in [0, 0.05) is 17.1 Å². The lowest BCUT2D eigenvalue weighted by Gasteiger charge is -2.14. The molecule has 1 aromatic heterocycles. The van der Waals surface area contributed by atoms with E-state index < -0.39 is 0 Å². The third-order valence-electron chi connectivity index (χ3n) is 6.01. The van der Waals surface area contributed by atoms with Crippen LogP contribution in [0.4, 0.5) is 0 Å². The molecule has 1 atom stereocenters. The summed E-state index contributed by atoms with van der Waals surface area (Å²) in [5.41, 5.74) is 7.30. The van der Waals surface area contributed by atoms with Gasteiger partial charge in [-0.1, -0.05) is 72.8 Å². The van der Waals surface area contributed by atoms with E-state index in [0.29, 0.717) is 0 Å². The van der Waals surface area contributed by atoms with E-state index in [1.807, 2.05) is 75.4 Å². The average Bonchev–Trinajstić information content (AvgIpc) is 3.15. The van der Waals surface area contributed by atoms with E-state index in [1.165, 1.54) is 5.56 Å². The number of nitriles is 1. The molecule has 168 valence electrons. The average molecular weight is 446 g/mol. The first-order chi connectivity index (χ1) is 16.5. The van der Waals surface area contributed by atoms with Crippen LogP contribution in [0, 0.1) is 25.2 Å². The Morgan fingerprint density at radius 2 is 1.50 bits per heavy atom. The summed E-state index contributed by atoms with van der Waals surface area (Å²) in [7, 11) is 0. The highest BCUT2D eigenvalue weighted by Gasteiger charge is 2.16. The van der Waals surface area contributed by atoms with Crippen molar-refractivity contribution in [3.8, 4) is 22.9 Å². The molecule has 4 nitrogen and oxygen atoms in total. The molecule has 0 saturated heterocycles. The number of hydrogen-bond donors (Lipinski definition) is 1. The van der Waals surface area contributed by atoms with E-state index in [9.17, 15) is 10.1 Å². The molecule has 34 heavy (non-hydrogen) atoms. The normalized spacial score (nSPS) is 12.1. The number of nitrogens with one attached hydrogen (secondary N) is 1. The van der Waals surface area contributed by atoms with E-state index >= 15 is 0 Å². The highest BCUT2D eigenvalue weighted by molar-refractivity contribution is 6.02. The smallest absolute Gasteiger partial charge is 0.262 e. The van der Waals surface area contributed by atoms with Gasteiger partial charge in [-0.15, -0.1) is 0 Å². The molecule has 0 aliphatic rings. The van der Waals surface area contributed by atoms with Gasteiger partial charge in [-0.05, 0) is 67.3 Å². The monoisotopic (exact) mass is 445 g/mol. The SMILES string of the molecule is Cc1cc(/C=C(\C#N)C(=O)N[C@@H](C)c2ccccc2)c(C)n1-c1ccc(-c2ccccc2)cc1. The molecule has 0 aliphatic carbocycles. The van der Waals surface area contributed by atoms with Gasteiger partial charge in [0.05, 0.1) is 6.04 Å². The Labute approximate surface area is 200 Å². The van der Waals surface area contributed by atoms with Crippen molar-refractivity contribution >= 4 is 12.0 Å². The summed E-state index contributed by atoms with van der Waals surface area (Å²) in [4.78, 5) is 12.8. The van der Waals surface area contributed by atoms with Crippen LogP contribution in [0.5, 0.6) is 0 Å². The van der Waals surface area contributed by atoms with Crippen molar-refractivity contribution in [2.45, 2.75) is 26.8 Å². The molecule has 0 unspecified atom stereocenters. The fraction of sp³-hybridized carbons (Fsp3) is 0.133. The Hall–Kier alpha value is -4.36. The van der Waals surface area contributed by atoms with Crippen LogP contribution in [0.1, 0.15) is 35.5 Å². The zero-order valence-electron chi connectivity index (χ0n) is 19.6. The van der Waals surface area contributed by atoms with E-state index in [0.717, 1.165) is 33.8 Å². The van der Waals surface area contributed by atoms with Crippen molar-refractivity contribution in [1.82, 2.24) is 9.88 Å². The van der Waals surface area contributed by atoms with E-state index in [2.05, 4.69) is 52.4 Å². The van der Waals surface area contributed by atoms with Gasteiger partial charge in [-0.2, -0.15) is 5.26 Å². The van der Waals surface area contributed by atoms with Crippen molar-refractivity contribution in [2.24, 2.45) is 0 Å². The van der Waals surface area contributed by atoms with Crippen LogP contribution in [0.2, 0.25) is 0 Å². The molecule has 0 radical (unpaired) electrons. The predicted octanol–water partition coefficient (Wildman–Crippen LogP) is 6.55. The van der Waals surface area contributed by atoms with Gasteiger partial charge < -0.3 is 9.88 Å². The highest BCUT2D eigenvalue weighted by Crippen LogP contribution is 2.26. The first-order valence-electron chi connectivity index (χ1n) is 11.3. The van der Waals surface area contributed by atoms with Gasteiger partial charge in [-0.25, -0.2) is 0 Å². The van der Waals surface area contributed by atoms with Crippen LogP contribution in [-0.4, -0.2) is 10.5 Å². The molecule has 4 aromatic rings. The van der Waals surface area contributed by atoms with Crippen LogP contribution in [0.25, 0.3) is 22.9 Å². The molecule has 0 saturated carbocycles. The number of carbonyl (C=O) groups excluding carboxylic acids is 1. The standard InChI is InChI=1S/C30H27N3O/c1-21-18-27(19-28(20-31)30(34)32-22(2)24-10-6-4-7-11-24)23(3)33(21)29-16-14-26(15-17-29)25-12-8-5-9-13-25/h4-19,22H,1-3H3,(H,32,34)/b28-19+/t22-/m0/s1. The lowest BCUT2D eigenvalue weighted by Crippen LogP contribution is -2.27. The second kappa shape index (κ2) is 10.1. The van der Waals surface area contributed by atoms with E-state index in [1.54, 1.807) is 6.08 Å². The molecule has 4 heteroatoms. The molecular weight excluding hydrogens is 418 g/mol. The van der Waals surface area contributed by atoms with Crippen molar-refractivity contribution in [3.63, 3.8) is 0 Å². The summed E-state index contributed by atoms with van der Waals surface area (Å²) in [6.07, 6.45) is 1.67. The maximum absolute atomic E-state index is 12.8. The summed E-state index contributed by atoms with van der Waals surface area (Å²) < 4.78 is 2.14. The number of amides is 1. The Morgan fingerprint density at radius 1 is 0.912 bits per heavy atom. The number of carbonyl (C=O) groups is 1. The van der Waals surface area contributed by atoms with Gasteiger partial charge in [0.2, 0.25) is 0 Å². The van der Waals surface area contributed by atoms with Gasteiger partial charge in [-0.3, -0.25) is 4.79 Å². The summed E-state index contributed by atoms with van der Waals surface area (Å²) in [6, 6.07) is 32.3. The Morgan fingerprint density at radius 3 is 2.12 bits per heavy atom. The zero-order chi connectivity index (χ0) is 24.1. The lowest BCUT2D eigenvalue weighted by molar-refractivity contribution is -0.117. The number of aryl methyl sites for hydroxylation is 1. The molecule has 0 aliphatic heterocycles. The maximum Gasteiger partial charge on any atom is 0.262 e. The second-order valence-corrected chi connectivity index (χ2v) is 8.35. The number of rotatable bonds is 6. The van der Waals surface area contributed by atoms with Crippen LogP contribution >= 0.6 is 0 Å². The van der Waals surface area contributed by atoms with Crippen LogP contribution in [0.15, 0.2) is 96.6 Å². The van der Waals surface area contributed by atoms with Crippen molar-refractivity contribution in [3.05, 3.63) is 119 Å². The number of aromatic nitrogens is 1. The van der Waals surface area contributed by atoms with Crippen LogP contribution < -0.4 is 5.32 Å². The molecule has 0 fully saturated rings. The maximum atomic E-state index is 12.8. The first kappa shape index (κ1) is 22.8. The van der Waals surface area contributed by atoms with Gasteiger partial charge in [0.1, 0.15) is 11.6 Å². The zero-order valence-corrected chi connectivity index (χ0v) is 19.6. The van der Waals surface area contributed by atoms with Gasteiger partial charge >= 0.3 is 0 Å². The Balaban J connectivity index is 1.58. The molecule has 4 rings (SSSR count). The molecule has 0 bridgehead atoms. The fourth-order valence-corrected chi connectivity index (χ4v) is 4.17. The van der Waals surface area contributed by atoms with Crippen molar-refractivity contribution in [2.75, 3.05) is 0 Å². The van der Waals surface area contributed by atoms with Crippen LogP contribution in [0.3, 0.4) is 0 Å². The van der Waals surface area contributed by atoms with Gasteiger partial charge in [0.25, 0.3) is 5.91 Å². The summed E-state index contributed by atoms with van der Waals surface area (Å²) >= 11 is 0. The van der Waals surface area contributed by atoms with E-state index in [-0.39, 0.29) is 17.5 Å². The third kappa shape index (κ3) is 4.84. The van der Waals surface area contributed by atoms with Crippen molar-refractivity contribution in [1.29, 1.82) is 5.26 Å². The second-order valence-electron chi connectivity index (χ2n) is 8.35. The summed E-state index contributed by atoms with van der Waals surface area (Å²) in [5, 5.41) is 12.6. The van der Waals surface area contributed by atoms with E-state index in [4.69, 9.17) is 0 Å². The third-order valence-corrected chi connectivity index (χ3v) is 6.01. The summed E-state index contributed by atoms with van der Waals surface area (Å²) in [5.74, 6) is -0.379. The topological polar surface area (TPSA) is 57.8 Å². The molecule has 1 N–H and O–H groups in total. The Bertz CT molecular complexity index is 1360. The predicted molar refractivity (Wildman–Crippen MR) is 137 cm³/mol. The van der Waals surface area contributed by atoms with Crippen LogP contribution in [-0.2, 0) is 4.79 Å². The number of hydrogen-bond acceptors (Lipinski definition) is 2. The highest BCUT2D eigenvalue weighted by atomic mass is 16.1. The van der Waals surface area contributed by atoms with Gasteiger partial charge in [0.15, 0.2) is 0 Å². The summed E-state index contributed by atoms with van der Waals surface area (Å²) in [6.45, 7) is 5.94. The number of nitrogens with zero attached hydrogens (tertiary/aromatic N) is 2. The minimum Gasteiger partial charge on any atom is -0.345 e. The number of benzene rings is 3. The quantitative estimate of drug-likeness (QED) is 0.270. The fourth-order valence-electron chi connectivity index (χ4n) is 4.17. The largest absolute Gasteiger partial charge is 0.345 e.